The van der Waals surface area contributed by atoms with Crippen molar-refractivity contribution in [3.63, 3.8) is 0 Å². The molecular formula is C18H16FNO5. The van der Waals surface area contributed by atoms with Gasteiger partial charge in [-0.05, 0) is 31.2 Å². The lowest BCUT2D eigenvalue weighted by molar-refractivity contribution is -0.149. The van der Waals surface area contributed by atoms with E-state index in [0.29, 0.717) is 11.3 Å². The third-order valence-electron chi connectivity index (χ3n) is 3.10. The number of rotatable bonds is 7. The molecule has 0 aromatic heterocycles. The standard InChI is InChI=1S/C18H16FNO5/c1-12(21)15-7-2-3-8-16(15)20-17(22)10-25-18(23)11-24-14-6-4-5-13(19)9-14/h2-9H,10-11H2,1H3,(H,20,22). The third-order valence-corrected chi connectivity index (χ3v) is 3.10. The Balaban J connectivity index is 1.80. The lowest BCUT2D eigenvalue weighted by Gasteiger charge is -2.10. The molecule has 0 unspecified atom stereocenters. The van der Waals surface area contributed by atoms with E-state index in [1.807, 2.05) is 0 Å². The summed E-state index contributed by atoms with van der Waals surface area (Å²) in [5.41, 5.74) is 0.698. The molecule has 0 fully saturated rings. The SMILES string of the molecule is CC(=O)c1ccccc1NC(=O)COC(=O)COc1cccc(F)c1. The summed E-state index contributed by atoms with van der Waals surface area (Å²) in [6.45, 7) is 0.396. The molecule has 0 bridgehead atoms. The number of hydrogen-bond acceptors (Lipinski definition) is 5. The number of Topliss-reactive ketones (excluding diaryl/α,β-unsaturated/α-hetero) is 1. The zero-order valence-corrected chi connectivity index (χ0v) is 13.5. The number of carbonyl (C=O) groups is 3. The molecule has 0 saturated heterocycles. The Morgan fingerprint density at radius 2 is 1.80 bits per heavy atom. The van der Waals surface area contributed by atoms with Gasteiger partial charge in [-0.1, -0.05) is 18.2 Å². The lowest BCUT2D eigenvalue weighted by Crippen LogP contribution is -2.24. The summed E-state index contributed by atoms with van der Waals surface area (Å²) in [5, 5.41) is 2.50. The lowest BCUT2D eigenvalue weighted by atomic mass is 10.1. The second-order valence-corrected chi connectivity index (χ2v) is 5.06. The maximum atomic E-state index is 13.0. The molecule has 2 rings (SSSR count). The van der Waals surface area contributed by atoms with Crippen LogP contribution < -0.4 is 10.1 Å². The molecule has 0 aliphatic heterocycles. The van der Waals surface area contributed by atoms with Gasteiger partial charge in [0, 0.05) is 11.6 Å². The largest absolute Gasteiger partial charge is 0.482 e. The molecule has 7 heteroatoms. The number of ether oxygens (including phenoxy) is 2. The van der Waals surface area contributed by atoms with E-state index < -0.39 is 30.9 Å². The van der Waals surface area contributed by atoms with Crippen LogP contribution in [0.1, 0.15) is 17.3 Å². The van der Waals surface area contributed by atoms with Crippen LogP contribution in [0.5, 0.6) is 5.75 Å². The molecule has 0 heterocycles. The summed E-state index contributed by atoms with van der Waals surface area (Å²) >= 11 is 0. The van der Waals surface area contributed by atoms with E-state index in [0.717, 1.165) is 6.07 Å². The second kappa shape index (κ2) is 8.58. The predicted molar refractivity (Wildman–Crippen MR) is 87.9 cm³/mol. The molecule has 25 heavy (non-hydrogen) atoms. The van der Waals surface area contributed by atoms with Crippen LogP contribution in [0.15, 0.2) is 48.5 Å². The van der Waals surface area contributed by atoms with Gasteiger partial charge in [0.1, 0.15) is 11.6 Å². The molecule has 6 nitrogen and oxygen atoms in total. The molecule has 130 valence electrons. The van der Waals surface area contributed by atoms with Crippen molar-refractivity contribution < 1.29 is 28.2 Å². The number of ketones is 1. The highest BCUT2D eigenvalue weighted by atomic mass is 19.1. The van der Waals surface area contributed by atoms with Crippen molar-refractivity contribution in [1.29, 1.82) is 0 Å². The third kappa shape index (κ3) is 5.72. The van der Waals surface area contributed by atoms with Crippen LogP contribution in [-0.4, -0.2) is 30.9 Å². The number of hydrogen-bond donors (Lipinski definition) is 1. The number of nitrogens with one attached hydrogen (secondary N) is 1. The summed E-state index contributed by atoms with van der Waals surface area (Å²) in [6.07, 6.45) is 0. The first kappa shape index (κ1) is 18.1. The number of halogens is 1. The molecule has 1 N–H and O–H groups in total. The van der Waals surface area contributed by atoms with Crippen LogP contribution in [0.25, 0.3) is 0 Å². The molecule has 0 aliphatic carbocycles. The number of carbonyl (C=O) groups excluding carboxylic acids is 3. The minimum Gasteiger partial charge on any atom is -0.482 e. The smallest absolute Gasteiger partial charge is 0.344 e. The Hall–Kier alpha value is -3.22. The van der Waals surface area contributed by atoms with Gasteiger partial charge in [-0.3, -0.25) is 9.59 Å². The number of para-hydroxylation sites is 1. The minimum atomic E-state index is -0.778. The van der Waals surface area contributed by atoms with Crippen molar-refractivity contribution in [1.82, 2.24) is 0 Å². The molecule has 0 aliphatic rings. The quantitative estimate of drug-likeness (QED) is 0.616. The highest BCUT2D eigenvalue weighted by Gasteiger charge is 2.12. The molecule has 1 amide bonds. The van der Waals surface area contributed by atoms with Crippen LogP contribution in [0, 0.1) is 5.82 Å². The number of benzene rings is 2. The van der Waals surface area contributed by atoms with Crippen LogP contribution in [-0.2, 0) is 14.3 Å². The first-order valence-corrected chi connectivity index (χ1v) is 7.39. The maximum absolute atomic E-state index is 13.0. The zero-order valence-electron chi connectivity index (χ0n) is 13.5. The van der Waals surface area contributed by atoms with Gasteiger partial charge in [0.15, 0.2) is 19.0 Å². The molecule has 0 radical (unpaired) electrons. The van der Waals surface area contributed by atoms with Crippen molar-refractivity contribution in [2.45, 2.75) is 6.92 Å². The summed E-state index contributed by atoms with van der Waals surface area (Å²) in [5.74, 6) is -1.88. The molecular weight excluding hydrogens is 329 g/mol. The van der Waals surface area contributed by atoms with E-state index in [4.69, 9.17) is 9.47 Å². The van der Waals surface area contributed by atoms with Gasteiger partial charge in [-0.25, -0.2) is 9.18 Å². The molecule has 2 aromatic carbocycles. The Kier molecular flexibility index (Phi) is 6.22. The molecule has 0 spiro atoms. The molecule has 2 aromatic rings. The summed E-state index contributed by atoms with van der Waals surface area (Å²) in [4.78, 5) is 34.9. The Morgan fingerprint density at radius 3 is 2.52 bits per heavy atom. The van der Waals surface area contributed by atoms with Crippen LogP contribution in [0.4, 0.5) is 10.1 Å². The summed E-state index contributed by atoms with van der Waals surface area (Å²) in [6, 6.07) is 11.8. The van der Waals surface area contributed by atoms with Gasteiger partial charge in [0.2, 0.25) is 0 Å². The highest BCUT2D eigenvalue weighted by molar-refractivity contribution is 6.04. The normalized spacial score (nSPS) is 10.0. The van der Waals surface area contributed by atoms with E-state index in [-0.39, 0.29) is 11.5 Å². The van der Waals surface area contributed by atoms with Gasteiger partial charge in [0.25, 0.3) is 5.91 Å². The van der Waals surface area contributed by atoms with Crippen molar-refractivity contribution >= 4 is 23.3 Å². The fourth-order valence-corrected chi connectivity index (χ4v) is 1.97. The first-order chi connectivity index (χ1) is 12.0. The average molecular weight is 345 g/mol. The predicted octanol–water partition coefficient (Wildman–Crippen LogP) is 2.59. The Morgan fingerprint density at radius 1 is 1.04 bits per heavy atom. The Bertz CT molecular complexity index is 791. The molecule has 0 atom stereocenters. The van der Waals surface area contributed by atoms with Crippen LogP contribution >= 0.6 is 0 Å². The van der Waals surface area contributed by atoms with E-state index in [2.05, 4.69) is 5.32 Å². The van der Waals surface area contributed by atoms with Crippen molar-refractivity contribution in [2.75, 3.05) is 18.5 Å². The fourth-order valence-electron chi connectivity index (χ4n) is 1.97. The molecule has 0 saturated carbocycles. The van der Waals surface area contributed by atoms with Crippen LogP contribution in [0.3, 0.4) is 0 Å². The van der Waals surface area contributed by atoms with Gasteiger partial charge in [0.05, 0.1) is 5.69 Å². The van der Waals surface area contributed by atoms with Crippen molar-refractivity contribution in [3.8, 4) is 5.75 Å². The monoisotopic (exact) mass is 345 g/mol. The first-order valence-electron chi connectivity index (χ1n) is 7.39. The highest BCUT2D eigenvalue weighted by Crippen LogP contribution is 2.15. The van der Waals surface area contributed by atoms with E-state index in [9.17, 15) is 18.8 Å². The van der Waals surface area contributed by atoms with Gasteiger partial charge >= 0.3 is 5.97 Å². The van der Waals surface area contributed by atoms with Crippen molar-refractivity contribution in [2.24, 2.45) is 0 Å². The number of anilines is 1. The topological polar surface area (TPSA) is 81.7 Å². The van der Waals surface area contributed by atoms with Gasteiger partial charge < -0.3 is 14.8 Å². The second-order valence-electron chi connectivity index (χ2n) is 5.06. The number of amides is 1. The van der Waals surface area contributed by atoms with Gasteiger partial charge in [-0.15, -0.1) is 0 Å². The minimum absolute atomic E-state index is 0.178. The van der Waals surface area contributed by atoms with E-state index in [1.165, 1.54) is 25.1 Å². The maximum Gasteiger partial charge on any atom is 0.344 e. The number of esters is 1. The summed E-state index contributed by atoms with van der Waals surface area (Å²) < 4.78 is 22.8. The van der Waals surface area contributed by atoms with E-state index in [1.54, 1.807) is 24.3 Å². The Labute approximate surface area is 143 Å². The van der Waals surface area contributed by atoms with Crippen molar-refractivity contribution in [3.05, 3.63) is 59.9 Å². The van der Waals surface area contributed by atoms with Gasteiger partial charge in [-0.2, -0.15) is 0 Å². The zero-order chi connectivity index (χ0) is 18.2. The van der Waals surface area contributed by atoms with E-state index >= 15 is 0 Å². The fraction of sp³-hybridized carbons (Fsp3) is 0.167. The average Bonchev–Trinajstić information content (AvgIpc) is 2.58. The van der Waals surface area contributed by atoms with Crippen LogP contribution in [0.2, 0.25) is 0 Å². The summed E-state index contributed by atoms with van der Waals surface area (Å²) in [7, 11) is 0.